The van der Waals surface area contributed by atoms with Crippen molar-refractivity contribution in [1.29, 1.82) is 0 Å². The van der Waals surface area contributed by atoms with Gasteiger partial charge in [0.05, 0.1) is 26.5 Å². The molecule has 3 N–H and O–H groups in total. The van der Waals surface area contributed by atoms with E-state index in [1.54, 1.807) is 26.4 Å². The standard InChI is InChI=1S/C20H23N5O4S/c1-4-29-15-8-6-5-7-14(15)22-18-19(26)25(21)20(24-23-18)30-12-13-9-10-16(27-2)17(11-13)28-3/h5-11H,4,12,21H2,1-3H3,(H,22,23). The van der Waals surface area contributed by atoms with Gasteiger partial charge in [-0.15, -0.1) is 10.2 Å². The van der Waals surface area contributed by atoms with E-state index in [4.69, 9.17) is 20.1 Å². The van der Waals surface area contributed by atoms with E-state index >= 15 is 0 Å². The van der Waals surface area contributed by atoms with Crippen molar-refractivity contribution in [1.82, 2.24) is 14.9 Å². The molecule has 1 aromatic heterocycles. The second kappa shape index (κ2) is 9.88. The van der Waals surface area contributed by atoms with Crippen molar-refractivity contribution in [2.45, 2.75) is 17.8 Å². The molecule has 3 rings (SSSR count). The maximum atomic E-state index is 12.6. The number of anilines is 2. The zero-order valence-electron chi connectivity index (χ0n) is 16.9. The minimum Gasteiger partial charge on any atom is -0.493 e. The topological polar surface area (TPSA) is 114 Å². The molecule has 0 unspecified atom stereocenters. The minimum atomic E-state index is -0.494. The van der Waals surface area contributed by atoms with Crippen LogP contribution in [0.25, 0.3) is 0 Å². The number of aromatic nitrogens is 3. The van der Waals surface area contributed by atoms with Crippen molar-refractivity contribution in [3.8, 4) is 17.2 Å². The van der Waals surface area contributed by atoms with Gasteiger partial charge in [0, 0.05) is 5.75 Å². The van der Waals surface area contributed by atoms with Gasteiger partial charge in [-0.25, -0.2) is 0 Å². The first-order valence-corrected chi connectivity index (χ1v) is 10.1. The van der Waals surface area contributed by atoms with E-state index in [9.17, 15) is 4.79 Å². The molecule has 0 aliphatic carbocycles. The Kier molecular flexibility index (Phi) is 7.02. The lowest BCUT2D eigenvalue weighted by Gasteiger charge is -2.12. The van der Waals surface area contributed by atoms with Crippen LogP contribution in [0.4, 0.5) is 11.5 Å². The van der Waals surface area contributed by atoms with Gasteiger partial charge in [0.2, 0.25) is 11.0 Å². The molecular formula is C20H23N5O4S. The van der Waals surface area contributed by atoms with Gasteiger partial charge in [-0.2, -0.15) is 4.68 Å². The highest BCUT2D eigenvalue weighted by atomic mass is 32.2. The highest BCUT2D eigenvalue weighted by molar-refractivity contribution is 7.98. The number of nitrogens with two attached hydrogens (primary N) is 1. The van der Waals surface area contributed by atoms with E-state index in [1.165, 1.54) is 11.8 Å². The second-order valence-electron chi connectivity index (χ2n) is 6.04. The number of nitrogen functional groups attached to an aromatic ring is 1. The van der Waals surface area contributed by atoms with E-state index < -0.39 is 5.56 Å². The summed E-state index contributed by atoms with van der Waals surface area (Å²) in [4.78, 5) is 12.6. The van der Waals surface area contributed by atoms with Gasteiger partial charge in [-0.05, 0) is 36.8 Å². The first-order valence-electron chi connectivity index (χ1n) is 9.14. The number of hydrogen-bond donors (Lipinski definition) is 2. The van der Waals surface area contributed by atoms with Gasteiger partial charge in [-0.3, -0.25) is 4.79 Å². The number of ether oxygens (including phenoxy) is 3. The molecule has 2 aromatic carbocycles. The Balaban J connectivity index is 1.76. The van der Waals surface area contributed by atoms with Crippen LogP contribution >= 0.6 is 11.8 Å². The number of hydrogen-bond acceptors (Lipinski definition) is 9. The van der Waals surface area contributed by atoms with Crippen LogP contribution in [0.5, 0.6) is 17.2 Å². The Hall–Kier alpha value is -3.40. The lowest BCUT2D eigenvalue weighted by Crippen LogP contribution is -2.32. The number of benzene rings is 2. The van der Waals surface area contributed by atoms with Crippen molar-refractivity contribution in [3.63, 3.8) is 0 Å². The summed E-state index contributed by atoms with van der Waals surface area (Å²) >= 11 is 1.29. The smallest absolute Gasteiger partial charge is 0.315 e. The van der Waals surface area contributed by atoms with Crippen molar-refractivity contribution in [2.24, 2.45) is 0 Å². The van der Waals surface area contributed by atoms with Crippen molar-refractivity contribution < 1.29 is 14.2 Å². The van der Waals surface area contributed by atoms with E-state index in [2.05, 4.69) is 15.5 Å². The third-order valence-corrected chi connectivity index (χ3v) is 5.13. The van der Waals surface area contributed by atoms with Crippen LogP contribution < -0.4 is 30.9 Å². The molecule has 0 bridgehead atoms. The molecule has 0 radical (unpaired) electrons. The van der Waals surface area contributed by atoms with Crippen LogP contribution in [0.2, 0.25) is 0 Å². The third-order valence-electron chi connectivity index (χ3n) is 4.12. The Bertz CT molecular complexity index is 1070. The molecule has 10 heteroatoms. The van der Waals surface area contributed by atoms with E-state index in [0.29, 0.717) is 40.5 Å². The van der Waals surface area contributed by atoms with E-state index in [1.807, 2.05) is 37.3 Å². The molecule has 0 fully saturated rings. The van der Waals surface area contributed by atoms with Crippen LogP contribution in [0.15, 0.2) is 52.4 Å². The third kappa shape index (κ3) is 4.77. The zero-order chi connectivity index (χ0) is 21.5. The van der Waals surface area contributed by atoms with Gasteiger partial charge in [0.25, 0.3) is 0 Å². The molecule has 0 saturated heterocycles. The molecule has 0 spiro atoms. The summed E-state index contributed by atoms with van der Waals surface area (Å²) in [5, 5.41) is 11.3. The molecule has 1 heterocycles. The van der Waals surface area contributed by atoms with Gasteiger partial charge < -0.3 is 25.4 Å². The summed E-state index contributed by atoms with van der Waals surface area (Å²) in [6.45, 7) is 2.38. The minimum absolute atomic E-state index is 0.0140. The largest absolute Gasteiger partial charge is 0.493 e. The van der Waals surface area contributed by atoms with Gasteiger partial charge >= 0.3 is 5.56 Å². The molecule has 0 atom stereocenters. The number of para-hydroxylation sites is 2. The van der Waals surface area contributed by atoms with Crippen LogP contribution in [-0.2, 0) is 5.75 Å². The number of nitrogens with zero attached hydrogens (tertiary/aromatic N) is 3. The fourth-order valence-electron chi connectivity index (χ4n) is 2.66. The summed E-state index contributed by atoms with van der Waals surface area (Å²) in [5.74, 6) is 8.37. The zero-order valence-corrected chi connectivity index (χ0v) is 17.7. The molecule has 3 aromatic rings. The predicted octanol–water partition coefficient (Wildman–Crippen LogP) is 2.80. The number of rotatable bonds is 9. The van der Waals surface area contributed by atoms with Crippen molar-refractivity contribution >= 4 is 23.3 Å². The number of methoxy groups -OCH3 is 2. The molecule has 30 heavy (non-hydrogen) atoms. The van der Waals surface area contributed by atoms with E-state index in [0.717, 1.165) is 10.2 Å². The van der Waals surface area contributed by atoms with Crippen molar-refractivity contribution in [2.75, 3.05) is 32.0 Å². The summed E-state index contributed by atoms with van der Waals surface area (Å²) in [5.41, 5.74) is 1.07. The Morgan fingerprint density at radius 1 is 1.07 bits per heavy atom. The van der Waals surface area contributed by atoms with Gasteiger partial charge in [-0.1, -0.05) is 30.0 Å². The lowest BCUT2D eigenvalue weighted by atomic mass is 10.2. The summed E-state index contributed by atoms with van der Waals surface area (Å²) in [6, 6.07) is 12.8. The monoisotopic (exact) mass is 429 g/mol. The summed E-state index contributed by atoms with van der Waals surface area (Å²) < 4.78 is 17.1. The SMILES string of the molecule is CCOc1ccccc1Nc1nnc(SCc2ccc(OC)c(OC)c2)n(N)c1=O. The Labute approximate surface area is 178 Å². The van der Waals surface area contributed by atoms with Crippen LogP contribution in [-0.4, -0.2) is 35.7 Å². The highest BCUT2D eigenvalue weighted by Crippen LogP contribution is 2.30. The maximum absolute atomic E-state index is 12.6. The summed E-state index contributed by atoms with van der Waals surface area (Å²) in [6.07, 6.45) is 0. The fraction of sp³-hybridized carbons (Fsp3) is 0.250. The predicted molar refractivity (Wildman–Crippen MR) is 116 cm³/mol. The van der Waals surface area contributed by atoms with Crippen LogP contribution in [0, 0.1) is 0 Å². The van der Waals surface area contributed by atoms with Gasteiger partial charge in [0.1, 0.15) is 5.75 Å². The lowest BCUT2D eigenvalue weighted by molar-refractivity contribution is 0.342. The number of thioether (sulfide) groups is 1. The molecule has 158 valence electrons. The molecule has 0 amide bonds. The fourth-order valence-corrected chi connectivity index (χ4v) is 3.45. The van der Waals surface area contributed by atoms with Crippen LogP contribution in [0.3, 0.4) is 0 Å². The number of nitrogens with one attached hydrogen (secondary N) is 1. The first-order chi connectivity index (χ1) is 14.6. The van der Waals surface area contributed by atoms with Crippen molar-refractivity contribution in [3.05, 3.63) is 58.4 Å². The summed E-state index contributed by atoms with van der Waals surface area (Å²) in [7, 11) is 3.16. The second-order valence-corrected chi connectivity index (χ2v) is 6.98. The Morgan fingerprint density at radius 2 is 1.83 bits per heavy atom. The molecule has 0 saturated carbocycles. The average molecular weight is 430 g/mol. The quantitative estimate of drug-likeness (QED) is 0.391. The average Bonchev–Trinajstić information content (AvgIpc) is 2.77. The molecule has 0 aliphatic heterocycles. The Morgan fingerprint density at radius 3 is 2.57 bits per heavy atom. The molecular weight excluding hydrogens is 406 g/mol. The normalized spacial score (nSPS) is 10.5. The molecule has 9 nitrogen and oxygen atoms in total. The van der Waals surface area contributed by atoms with Gasteiger partial charge in [0.15, 0.2) is 11.5 Å². The highest BCUT2D eigenvalue weighted by Gasteiger charge is 2.13. The maximum Gasteiger partial charge on any atom is 0.315 e. The van der Waals surface area contributed by atoms with Crippen LogP contribution in [0.1, 0.15) is 12.5 Å². The first kappa shape index (κ1) is 21.3. The van der Waals surface area contributed by atoms with E-state index in [-0.39, 0.29) is 5.82 Å². The molecule has 0 aliphatic rings.